The summed E-state index contributed by atoms with van der Waals surface area (Å²) in [6, 6.07) is 12.0. The molecule has 2 aromatic rings. The zero-order valence-electron chi connectivity index (χ0n) is 10.3. The average Bonchev–Trinajstić information content (AvgIpc) is 2.93. The van der Waals surface area contributed by atoms with Crippen molar-refractivity contribution >= 4 is 5.78 Å². The van der Waals surface area contributed by atoms with Crippen LogP contribution in [0.25, 0.3) is 0 Å². The highest BCUT2D eigenvalue weighted by Crippen LogP contribution is 2.34. The summed E-state index contributed by atoms with van der Waals surface area (Å²) in [5, 5.41) is 0. The number of hydrogen-bond donors (Lipinski definition) is 0. The lowest BCUT2D eigenvalue weighted by Gasteiger charge is -2.24. The molecule has 2 heteroatoms. The van der Waals surface area contributed by atoms with E-state index >= 15 is 0 Å². The smallest absolute Gasteiger partial charge is 0.198 e. The predicted octanol–water partition coefficient (Wildman–Crippen LogP) is 3.97. The summed E-state index contributed by atoms with van der Waals surface area (Å²) in [5.41, 5.74) is 2.75. The van der Waals surface area contributed by atoms with E-state index in [9.17, 15) is 4.79 Å². The van der Waals surface area contributed by atoms with Crippen LogP contribution >= 0.6 is 0 Å². The third kappa shape index (κ3) is 2.10. The molecule has 1 unspecified atom stereocenters. The molecule has 0 fully saturated rings. The number of furan rings is 1. The van der Waals surface area contributed by atoms with Crippen molar-refractivity contribution in [3.05, 3.63) is 59.5 Å². The van der Waals surface area contributed by atoms with Crippen LogP contribution in [0.15, 0.2) is 47.1 Å². The van der Waals surface area contributed by atoms with E-state index in [-0.39, 0.29) is 5.78 Å². The first kappa shape index (κ1) is 11.3. The van der Waals surface area contributed by atoms with Crippen molar-refractivity contribution in [2.24, 2.45) is 0 Å². The van der Waals surface area contributed by atoms with Gasteiger partial charge in [0.1, 0.15) is 0 Å². The van der Waals surface area contributed by atoms with Gasteiger partial charge < -0.3 is 4.42 Å². The molecule has 0 radical (unpaired) electrons. The summed E-state index contributed by atoms with van der Waals surface area (Å²) in [4.78, 5) is 12.1. The summed E-state index contributed by atoms with van der Waals surface area (Å²) in [5.74, 6) is 0.951. The van der Waals surface area contributed by atoms with E-state index in [1.165, 1.54) is 17.5 Å². The standard InChI is InChI=1S/C16H16O2/c17-15(16-9-4-10-18-16)11-13-7-3-6-12-5-1-2-8-14(12)13/h1-2,4-5,8-10,13H,3,6-7,11H2. The zero-order chi connectivity index (χ0) is 12.4. The highest BCUT2D eigenvalue weighted by atomic mass is 16.3. The summed E-state index contributed by atoms with van der Waals surface area (Å²) >= 11 is 0. The van der Waals surface area contributed by atoms with Crippen LogP contribution in [0.5, 0.6) is 0 Å². The maximum Gasteiger partial charge on any atom is 0.198 e. The molecule has 0 saturated carbocycles. The van der Waals surface area contributed by atoms with Gasteiger partial charge in [-0.25, -0.2) is 0 Å². The number of carbonyl (C=O) groups is 1. The van der Waals surface area contributed by atoms with Gasteiger partial charge in [-0.2, -0.15) is 0 Å². The number of Topliss-reactive ketones (excluding diaryl/α,β-unsaturated/α-hetero) is 1. The number of fused-ring (bicyclic) bond motifs is 1. The molecular weight excluding hydrogens is 224 g/mol. The second-order valence-corrected chi connectivity index (χ2v) is 4.89. The quantitative estimate of drug-likeness (QED) is 0.760. The fourth-order valence-electron chi connectivity index (χ4n) is 2.83. The van der Waals surface area contributed by atoms with Crippen LogP contribution in [0.1, 0.15) is 46.9 Å². The van der Waals surface area contributed by atoms with Crippen LogP contribution in [-0.2, 0) is 6.42 Å². The van der Waals surface area contributed by atoms with Gasteiger partial charge in [-0.3, -0.25) is 4.79 Å². The monoisotopic (exact) mass is 240 g/mol. The minimum atomic E-state index is 0.113. The molecule has 3 rings (SSSR count). The number of carbonyl (C=O) groups excluding carboxylic acids is 1. The number of hydrogen-bond acceptors (Lipinski definition) is 2. The number of rotatable bonds is 3. The Kier molecular flexibility index (Phi) is 3.01. The maximum atomic E-state index is 12.1. The highest BCUT2D eigenvalue weighted by molar-refractivity contribution is 5.93. The van der Waals surface area contributed by atoms with Gasteiger partial charge in [-0.15, -0.1) is 0 Å². The van der Waals surface area contributed by atoms with Gasteiger partial charge >= 0.3 is 0 Å². The molecule has 2 nitrogen and oxygen atoms in total. The number of benzene rings is 1. The fraction of sp³-hybridized carbons (Fsp3) is 0.312. The van der Waals surface area contributed by atoms with E-state index in [0.717, 1.165) is 12.8 Å². The minimum absolute atomic E-state index is 0.113. The molecule has 0 aliphatic heterocycles. The first-order chi connectivity index (χ1) is 8.84. The second kappa shape index (κ2) is 4.81. The minimum Gasteiger partial charge on any atom is -0.461 e. The Morgan fingerprint density at radius 2 is 2.11 bits per heavy atom. The Labute approximate surface area is 107 Å². The molecule has 0 amide bonds. The van der Waals surface area contributed by atoms with Crippen molar-refractivity contribution in [1.29, 1.82) is 0 Å². The Bertz CT molecular complexity index is 540. The van der Waals surface area contributed by atoms with Gasteiger partial charge in [-0.1, -0.05) is 24.3 Å². The molecule has 1 atom stereocenters. The summed E-state index contributed by atoms with van der Waals surface area (Å²) < 4.78 is 5.18. The van der Waals surface area contributed by atoms with Gasteiger partial charge in [0, 0.05) is 6.42 Å². The molecule has 1 heterocycles. The van der Waals surface area contributed by atoms with E-state index < -0.39 is 0 Å². The van der Waals surface area contributed by atoms with Gasteiger partial charge in [0.15, 0.2) is 11.5 Å². The number of ketones is 1. The van der Waals surface area contributed by atoms with Crippen LogP contribution in [0.2, 0.25) is 0 Å². The molecule has 1 aliphatic rings. The average molecular weight is 240 g/mol. The molecule has 0 bridgehead atoms. The normalized spacial score (nSPS) is 18.3. The van der Waals surface area contributed by atoms with E-state index in [0.29, 0.717) is 18.1 Å². The van der Waals surface area contributed by atoms with Crippen molar-refractivity contribution < 1.29 is 9.21 Å². The Morgan fingerprint density at radius 1 is 1.22 bits per heavy atom. The van der Waals surface area contributed by atoms with E-state index in [2.05, 4.69) is 24.3 Å². The van der Waals surface area contributed by atoms with Crippen LogP contribution in [0.3, 0.4) is 0 Å². The van der Waals surface area contributed by atoms with Gasteiger partial charge in [0.05, 0.1) is 6.26 Å². The lowest BCUT2D eigenvalue weighted by molar-refractivity contribution is 0.0944. The molecular formula is C16H16O2. The summed E-state index contributed by atoms with van der Waals surface area (Å²) in [7, 11) is 0. The van der Waals surface area contributed by atoms with Crippen LogP contribution < -0.4 is 0 Å². The highest BCUT2D eigenvalue weighted by Gasteiger charge is 2.23. The topological polar surface area (TPSA) is 30.2 Å². The van der Waals surface area contributed by atoms with Gasteiger partial charge in [-0.05, 0) is 48.4 Å². The van der Waals surface area contributed by atoms with E-state index in [1.807, 2.05) is 0 Å². The molecule has 1 aromatic heterocycles. The molecule has 92 valence electrons. The first-order valence-corrected chi connectivity index (χ1v) is 6.49. The zero-order valence-corrected chi connectivity index (χ0v) is 10.3. The molecule has 1 aromatic carbocycles. The Balaban J connectivity index is 1.80. The third-order valence-corrected chi connectivity index (χ3v) is 3.72. The lowest BCUT2D eigenvalue weighted by Crippen LogP contribution is -2.13. The van der Waals surface area contributed by atoms with Crippen molar-refractivity contribution in [2.75, 3.05) is 0 Å². The Hall–Kier alpha value is -1.83. The van der Waals surface area contributed by atoms with Crippen LogP contribution in [0.4, 0.5) is 0 Å². The predicted molar refractivity (Wildman–Crippen MR) is 69.8 cm³/mol. The summed E-state index contributed by atoms with van der Waals surface area (Å²) in [6.45, 7) is 0. The first-order valence-electron chi connectivity index (χ1n) is 6.49. The maximum absolute atomic E-state index is 12.1. The van der Waals surface area contributed by atoms with E-state index in [4.69, 9.17) is 4.42 Å². The molecule has 0 N–H and O–H groups in total. The van der Waals surface area contributed by atoms with Crippen LogP contribution in [-0.4, -0.2) is 5.78 Å². The fourth-order valence-corrected chi connectivity index (χ4v) is 2.83. The lowest BCUT2D eigenvalue weighted by atomic mass is 9.80. The number of aryl methyl sites for hydroxylation is 1. The molecule has 18 heavy (non-hydrogen) atoms. The van der Waals surface area contributed by atoms with E-state index in [1.54, 1.807) is 18.4 Å². The Morgan fingerprint density at radius 3 is 2.94 bits per heavy atom. The van der Waals surface area contributed by atoms with Crippen molar-refractivity contribution in [1.82, 2.24) is 0 Å². The van der Waals surface area contributed by atoms with Crippen LogP contribution in [0, 0.1) is 0 Å². The molecule has 1 aliphatic carbocycles. The molecule has 0 spiro atoms. The van der Waals surface area contributed by atoms with Gasteiger partial charge in [0.2, 0.25) is 0 Å². The van der Waals surface area contributed by atoms with Gasteiger partial charge in [0.25, 0.3) is 0 Å². The largest absolute Gasteiger partial charge is 0.461 e. The van der Waals surface area contributed by atoms with Crippen molar-refractivity contribution in [3.8, 4) is 0 Å². The molecule has 0 saturated heterocycles. The SMILES string of the molecule is O=C(CC1CCCc2ccccc21)c1ccco1. The van der Waals surface area contributed by atoms with Crippen molar-refractivity contribution in [2.45, 2.75) is 31.6 Å². The third-order valence-electron chi connectivity index (χ3n) is 3.72. The van der Waals surface area contributed by atoms with Crippen molar-refractivity contribution in [3.63, 3.8) is 0 Å². The summed E-state index contributed by atoms with van der Waals surface area (Å²) in [6.07, 6.45) is 5.53. The second-order valence-electron chi connectivity index (χ2n) is 4.89.